The molecule has 29 heavy (non-hydrogen) atoms. The molecule has 2 N–H and O–H groups in total. The third-order valence-corrected chi connectivity index (χ3v) is 5.88. The van der Waals surface area contributed by atoms with Crippen LogP contribution in [0, 0.1) is 22.2 Å². The number of nitrogens with zero attached hydrogens (tertiary/aromatic N) is 3. The Hall–Kier alpha value is -2.85. The minimum Gasteiger partial charge on any atom is -0.489 e. The number of rotatable bonds is 5. The number of amides is 1. The maximum Gasteiger partial charge on any atom is 0.254 e. The molecule has 0 unspecified atom stereocenters. The number of hydrogen-bond donors (Lipinski definition) is 2. The van der Waals surface area contributed by atoms with Crippen LogP contribution in [0.15, 0.2) is 30.6 Å². The maximum atomic E-state index is 12.7. The van der Waals surface area contributed by atoms with Crippen molar-refractivity contribution < 1.29 is 9.53 Å². The van der Waals surface area contributed by atoms with Crippen molar-refractivity contribution in [2.75, 3.05) is 12.4 Å². The van der Waals surface area contributed by atoms with Gasteiger partial charge < -0.3 is 15.4 Å². The van der Waals surface area contributed by atoms with Crippen LogP contribution in [-0.4, -0.2) is 35.1 Å². The van der Waals surface area contributed by atoms with E-state index in [9.17, 15) is 4.79 Å². The van der Waals surface area contributed by atoms with Gasteiger partial charge in [0, 0.05) is 42.4 Å². The van der Waals surface area contributed by atoms with Crippen LogP contribution >= 0.6 is 11.6 Å². The van der Waals surface area contributed by atoms with Gasteiger partial charge in [0.05, 0.1) is 16.1 Å². The number of aromatic nitrogens is 2. The largest absolute Gasteiger partial charge is 0.489 e. The molecule has 8 heteroatoms. The second kappa shape index (κ2) is 7.53. The van der Waals surface area contributed by atoms with Crippen molar-refractivity contribution >= 4 is 23.5 Å². The van der Waals surface area contributed by atoms with Gasteiger partial charge in [0.1, 0.15) is 17.9 Å². The van der Waals surface area contributed by atoms with Crippen LogP contribution in [0.4, 0.5) is 5.95 Å². The van der Waals surface area contributed by atoms with Crippen molar-refractivity contribution in [2.45, 2.75) is 39.8 Å². The number of halogens is 1. The summed E-state index contributed by atoms with van der Waals surface area (Å²) in [5, 5.41) is 15.3. The zero-order valence-corrected chi connectivity index (χ0v) is 17.8. The fraction of sp³-hybridized carbons (Fsp3) is 0.429. The van der Waals surface area contributed by atoms with Crippen molar-refractivity contribution in [1.29, 1.82) is 5.26 Å². The standard InChI is InChI=1S/C21H24ClN5O2/c1-20(2)17(27-16(28)13-10-25-19(24-5)26-11-13)21(3,4)18(20)29-14-7-6-12(9-23)15(22)8-14/h6-8,10-11,17-18H,1-5H3,(H,27,28)(H,24,25,26). The number of ether oxygens (including phenoxy) is 1. The normalized spacial score (nSPS) is 21.4. The topological polar surface area (TPSA) is 99.9 Å². The molecule has 7 nitrogen and oxygen atoms in total. The van der Waals surface area contributed by atoms with Crippen molar-refractivity contribution in [3.63, 3.8) is 0 Å². The molecule has 1 fully saturated rings. The quantitative estimate of drug-likeness (QED) is 0.775. The van der Waals surface area contributed by atoms with Crippen LogP contribution in [0.2, 0.25) is 5.02 Å². The smallest absolute Gasteiger partial charge is 0.254 e. The van der Waals surface area contributed by atoms with Crippen LogP contribution in [0.1, 0.15) is 43.6 Å². The summed E-state index contributed by atoms with van der Waals surface area (Å²) in [6.07, 6.45) is 2.84. The van der Waals surface area contributed by atoms with Crippen molar-refractivity contribution in [1.82, 2.24) is 15.3 Å². The highest BCUT2D eigenvalue weighted by atomic mass is 35.5. The Morgan fingerprint density at radius 2 is 1.83 bits per heavy atom. The number of nitrogens with one attached hydrogen (secondary N) is 2. The Morgan fingerprint density at radius 3 is 2.34 bits per heavy atom. The molecule has 1 heterocycles. The second-order valence-corrected chi connectivity index (χ2v) is 8.75. The van der Waals surface area contributed by atoms with Crippen LogP contribution in [0.5, 0.6) is 5.75 Å². The molecule has 0 radical (unpaired) electrons. The summed E-state index contributed by atoms with van der Waals surface area (Å²) < 4.78 is 6.23. The monoisotopic (exact) mass is 413 g/mol. The van der Waals surface area contributed by atoms with E-state index in [0.29, 0.717) is 27.8 Å². The second-order valence-electron chi connectivity index (χ2n) is 8.35. The first kappa shape index (κ1) is 20.9. The zero-order chi connectivity index (χ0) is 21.4. The molecule has 0 spiro atoms. The lowest BCUT2D eigenvalue weighted by Gasteiger charge is -2.63. The van der Waals surface area contributed by atoms with E-state index in [4.69, 9.17) is 21.6 Å². The number of benzene rings is 1. The van der Waals surface area contributed by atoms with Gasteiger partial charge in [0.25, 0.3) is 5.91 Å². The van der Waals surface area contributed by atoms with Crippen LogP contribution in [0.3, 0.4) is 0 Å². The lowest BCUT2D eigenvalue weighted by molar-refractivity contribution is -0.164. The van der Waals surface area contributed by atoms with Gasteiger partial charge in [0.15, 0.2) is 0 Å². The van der Waals surface area contributed by atoms with E-state index in [2.05, 4.69) is 48.3 Å². The summed E-state index contributed by atoms with van der Waals surface area (Å²) in [7, 11) is 1.72. The fourth-order valence-electron chi connectivity index (χ4n) is 4.38. The summed E-state index contributed by atoms with van der Waals surface area (Å²) in [6, 6.07) is 6.95. The predicted octanol–water partition coefficient (Wildman–Crippen LogP) is 3.66. The predicted molar refractivity (Wildman–Crippen MR) is 111 cm³/mol. The lowest BCUT2D eigenvalue weighted by atomic mass is 9.49. The molecule has 1 saturated carbocycles. The number of nitriles is 1. The summed E-state index contributed by atoms with van der Waals surface area (Å²) in [6.45, 7) is 8.22. The maximum absolute atomic E-state index is 12.7. The molecule has 2 aromatic rings. The first-order valence-electron chi connectivity index (χ1n) is 9.28. The molecule has 0 atom stereocenters. The van der Waals surface area contributed by atoms with Crippen LogP contribution in [0.25, 0.3) is 0 Å². The highest BCUT2D eigenvalue weighted by molar-refractivity contribution is 6.31. The van der Waals surface area contributed by atoms with Gasteiger partial charge in [-0.2, -0.15) is 5.26 Å². The Bertz CT molecular complexity index is 950. The van der Waals surface area contributed by atoms with E-state index >= 15 is 0 Å². The summed E-state index contributed by atoms with van der Waals surface area (Å²) in [5.41, 5.74) is 0.151. The third-order valence-electron chi connectivity index (χ3n) is 5.57. The summed E-state index contributed by atoms with van der Waals surface area (Å²) in [5.74, 6) is 0.833. The van der Waals surface area contributed by atoms with Gasteiger partial charge in [-0.15, -0.1) is 0 Å². The minimum atomic E-state index is -0.328. The number of anilines is 1. The Kier molecular flexibility index (Phi) is 5.42. The van der Waals surface area contributed by atoms with E-state index in [0.717, 1.165) is 0 Å². The molecule has 0 saturated heterocycles. The summed E-state index contributed by atoms with van der Waals surface area (Å²) >= 11 is 6.13. The molecule has 1 aromatic heterocycles. The molecule has 152 valence electrons. The first-order chi connectivity index (χ1) is 13.6. The molecule has 3 rings (SSSR count). The van der Waals surface area contributed by atoms with Gasteiger partial charge >= 0.3 is 0 Å². The molecule has 1 aliphatic carbocycles. The van der Waals surface area contributed by atoms with Gasteiger partial charge in [-0.25, -0.2) is 9.97 Å². The summed E-state index contributed by atoms with van der Waals surface area (Å²) in [4.78, 5) is 20.9. The first-order valence-corrected chi connectivity index (χ1v) is 9.66. The van der Waals surface area contributed by atoms with E-state index in [1.54, 1.807) is 25.2 Å². The molecule has 0 aliphatic heterocycles. The molecule has 1 amide bonds. The van der Waals surface area contributed by atoms with Crippen molar-refractivity contribution in [2.24, 2.45) is 10.8 Å². The zero-order valence-electron chi connectivity index (χ0n) is 17.1. The minimum absolute atomic E-state index is 0.120. The fourth-order valence-corrected chi connectivity index (χ4v) is 4.60. The third kappa shape index (κ3) is 3.73. The van der Waals surface area contributed by atoms with Gasteiger partial charge in [-0.3, -0.25) is 4.79 Å². The lowest BCUT2D eigenvalue weighted by Crippen LogP contribution is -2.74. The average molecular weight is 414 g/mol. The molecule has 1 aliphatic rings. The van der Waals surface area contributed by atoms with Crippen LogP contribution < -0.4 is 15.4 Å². The van der Waals surface area contributed by atoms with E-state index in [1.165, 1.54) is 12.4 Å². The van der Waals surface area contributed by atoms with E-state index < -0.39 is 0 Å². The highest BCUT2D eigenvalue weighted by Gasteiger charge is 2.64. The van der Waals surface area contributed by atoms with Crippen LogP contribution in [-0.2, 0) is 0 Å². The van der Waals surface area contributed by atoms with Crippen molar-refractivity contribution in [3.8, 4) is 11.8 Å². The Labute approximate surface area is 175 Å². The van der Waals surface area contributed by atoms with Gasteiger partial charge in [-0.1, -0.05) is 39.3 Å². The average Bonchev–Trinajstić information content (AvgIpc) is 2.69. The van der Waals surface area contributed by atoms with E-state index in [-0.39, 0.29) is 28.9 Å². The SMILES string of the molecule is CNc1ncc(C(=O)NC2C(C)(C)C(Oc3ccc(C#N)c(Cl)c3)C2(C)C)cn1. The molecular weight excluding hydrogens is 390 g/mol. The molecule has 0 bridgehead atoms. The number of carbonyl (C=O) groups is 1. The van der Waals surface area contributed by atoms with Gasteiger partial charge in [0.2, 0.25) is 5.95 Å². The highest BCUT2D eigenvalue weighted by Crippen LogP contribution is 2.55. The van der Waals surface area contributed by atoms with E-state index in [1.807, 2.05) is 6.07 Å². The molecular formula is C21H24ClN5O2. The van der Waals surface area contributed by atoms with Crippen molar-refractivity contribution in [3.05, 3.63) is 46.7 Å². The number of carbonyl (C=O) groups excluding carboxylic acids is 1. The Balaban J connectivity index is 1.74. The Morgan fingerprint density at radius 1 is 1.21 bits per heavy atom. The van der Waals surface area contributed by atoms with Gasteiger partial charge in [-0.05, 0) is 12.1 Å². The molecule has 1 aromatic carbocycles. The number of hydrogen-bond acceptors (Lipinski definition) is 6.